The van der Waals surface area contributed by atoms with Crippen molar-refractivity contribution < 1.29 is 9.50 Å². The number of nitrogens with zero attached hydrogens (tertiary/aromatic N) is 1. The van der Waals surface area contributed by atoms with Gasteiger partial charge >= 0.3 is 0 Å². The fourth-order valence-electron chi connectivity index (χ4n) is 2.13. The monoisotopic (exact) mass is 256 g/mol. The van der Waals surface area contributed by atoms with E-state index in [2.05, 4.69) is 9.97 Å². The van der Waals surface area contributed by atoms with Crippen LogP contribution in [0.15, 0.2) is 30.3 Å². The number of aryl methyl sites for hydroxylation is 2. The average Bonchev–Trinajstić information content (AvgIpc) is 2.82. The molecule has 0 bridgehead atoms. The van der Waals surface area contributed by atoms with E-state index in [1.165, 1.54) is 6.07 Å². The Morgan fingerprint density at radius 3 is 2.68 bits per heavy atom. The molecule has 0 fully saturated rings. The second-order valence-corrected chi connectivity index (χ2v) is 4.66. The van der Waals surface area contributed by atoms with Crippen molar-refractivity contribution in [2.45, 2.75) is 13.8 Å². The molecule has 0 unspecified atom stereocenters. The molecule has 0 saturated carbocycles. The fourth-order valence-corrected chi connectivity index (χ4v) is 2.13. The van der Waals surface area contributed by atoms with Gasteiger partial charge in [0.05, 0.1) is 11.0 Å². The van der Waals surface area contributed by atoms with Crippen molar-refractivity contribution >= 4 is 11.0 Å². The Labute approximate surface area is 109 Å². The molecule has 0 amide bonds. The van der Waals surface area contributed by atoms with E-state index in [0.717, 1.165) is 16.6 Å². The van der Waals surface area contributed by atoms with Crippen LogP contribution in [0.25, 0.3) is 22.4 Å². The number of rotatable bonds is 1. The number of halogens is 1. The number of aromatic amines is 1. The quantitative estimate of drug-likeness (QED) is 0.697. The highest BCUT2D eigenvalue weighted by Crippen LogP contribution is 2.27. The normalized spacial score (nSPS) is 11.1. The molecule has 0 aliphatic carbocycles. The van der Waals surface area contributed by atoms with Crippen LogP contribution in [-0.4, -0.2) is 15.1 Å². The first kappa shape index (κ1) is 11.7. The molecule has 0 spiro atoms. The second kappa shape index (κ2) is 4.09. The molecule has 3 rings (SSSR count). The molecule has 0 atom stereocenters. The lowest BCUT2D eigenvalue weighted by Gasteiger charge is -2.01. The third kappa shape index (κ3) is 1.85. The van der Waals surface area contributed by atoms with Gasteiger partial charge < -0.3 is 10.1 Å². The van der Waals surface area contributed by atoms with E-state index in [0.29, 0.717) is 16.9 Å². The van der Waals surface area contributed by atoms with Crippen LogP contribution >= 0.6 is 0 Å². The number of nitrogens with one attached hydrogen (secondary N) is 1. The maximum absolute atomic E-state index is 13.5. The Hall–Kier alpha value is -2.36. The molecule has 3 nitrogen and oxygen atoms in total. The number of phenols is 1. The van der Waals surface area contributed by atoms with Gasteiger partial charge in [0.2, 0.25) is 0 Å². The number of imidazole rings is 1. The number of fused-ring (bicyclic) bond motifs is 1. The van der Waals surface area contributed by atoms with Crippen LogP contribution in [0.2, 0.25) is 0 Å². The van der Waals surface area contributed by atoms with Gasteiger partial charge in [-0.05, 0) is 49.7 Å². The van der Waals surface area contributed by atoms with Gasteiger partial charge in [0.15, 0.2) is 0 Å². The van der Waals surface area contributed by atoms with Gasteiger partial charge in [0.1, 0.15) is 17.4 Å². The first-order valence-electron chi connectivity index (χ1n) is 6.01. The van der Waals surface area contributed by atoms with Crippen LogP contribution in [0.1, 0.15) is 11.1 Å². The number of aromatic nitrogens is 2. The Balaban J connectivity index is 2.20. The smallest absolute Gasteiger partial charge is 0.138 e. The molecule has 2 N–H and O–H groups in total. The van der Waals surface area contributed by atoms with Crippen LogP contribution in [0.5, 0.6) is 5.75 Å². The zero-order chi connectivity index (χ0) is 13.6. The minimum atomic E-state index is -0.257. The zero-order valence-corrected chi connectivity index (χ0v) is 10.7. The minimum absolute atomic E-state index is 0.252. The summed E-state index contributed by atoms with van der Waals surface area (Å²) in [5.74, 6) is 0.668. The highest BCUT2D eigenvalue weighted by Gasteiger charge is 2.10. The van der Waals surface area contributed by atoms with Crippen molar-refractivity contribution in [1.29, 1.82) is 0 Å². The van der Waals surface area contributed by atoms with Crippen molar-refractivity contribution in [3.05, 3.63) is 47.3 Å². The van der Waals surface area contributed by atoms with E-state index in [9.17, 15) is 9.50 Å². The second-order valence-electron chi connectivity index (χ2n) is 4.66. The number of hydrogen-bond acceptors (Lipinski definition) is 2. The number of hydrogen-bond donors (Lipinski definition) is 2. The summed E-state index contributed by atoms with van der Waals surface area (Å²) in [5, 5.41) is 9.53. The van der Waals surface area contributed by atoms with Crippen LogP contribution in [0, 0.1) is 19.7 Å². The molecule has 4 heteroatoms. The average molecular weight is 256 g/mol. The van der Waals surface area contributed by atoms with E-state index in [4.69, 9.17) is 0 Å². The standard InChI is InChI=1S/C15H13FN2O/c1-8-7-10(3-6-13(8)19)15-17-12-5-4-11(16)9(2)14(12)18-15/h3-7,19H,1-2H3,(H,17,18). The maximum atomic E-state index is 13.5. The zero-order valence-electron chi connectivity index (χ0n) is 10.7. The molecule has 0 aliphatic heterocycles. The van der Waals surface area contributed by atoms with Crippen LogP contribution in [-0.2, 0) is 0 Å². The molecule has 1 heterocycles. The lowest BCUT2D eigenvalue weighted by Crippen LogP contribution is -1.83. The van der Waals surface area contributed by atoms with Gasteiger partial charge in [-0.1, -0.05) is 0 Å². The van der Waals surface area contributed by atoms with Crippen molar-refractivity contribution in [2.24, 2.45) is 0 Å². The molecule has 0 radical (unpaired) electrons. The summed E-state index contributed by atoms with van der Waals surface area (Å²) in [6.45, 7) is 3.54. The Kier molecular flexibility index (Phi) is 2.52. The predicted molar refractivity (Wildman–Crippen MR) is 72.6 cm³/mol. The Morgan fingerprint density at radius 1 is 1.16 bits per heavy atom. The number of aromatic hydroxyl groups is 1. The first-order chi connectivity index (χ1) is 9.06. The van der Waals surface area contributed by atoms with E-state index in [1.54, 1.807) is 25.1 Å². The number of phenolic OH excluding ortho intramolecular Hbond substituents is 1. The van der Waals surface area contributed by atoms with Crippen LogP contribution < -0.4 is 0 Å². The largest absolute Gasteiger partial charge is 0.508 e. The minimum Gasteiger partial charge on any atom is -0.508 e. The van der Waals surface area contributed by atoms with E-state index in [-0.39, 0.29) is 11.6 Å². The summed E-state index contributed by atoms with van der Waals surface area (Å²) < 4.78 is 13.5. The van der Waals surface area contributed by atoms with Gasteiger partial charge in [-0.2, -0.15) is 0 Å². The van der Waals surface area contributed by atoms with Gasteiger partial charge in [-0.25, -0.2) is 9.37 Å². The molecule has 96 valence electrons. The third-order valence-electron chi connectivity index (χ3n) is 3.31. The van der Waals surface area contributed by atoms with Gasteiger partial charge in [-0.15, -0.1) is 0 Å². The maximum Gasteiger partial charge on any atom is 0.138 e. The van der Waals surface area contributed by atoms with E-state index in [1.807, 2.05) is 13.0 Å². The van der Waals surface area contributed by atoms with Gasteiger partial charge in [0, 0.05) is 11.1 Å². The molecule has 0 aliphatic rings. The van der Waals surface area contributed by atoms with Crippen LogP contribution in [0.4, 0.5) is 4.39 Å². The molecule has 1 aromatic heterocycles. The summed E-state index contributed by atoms with van der Waals surface area (Å²) in [7, 11) is 0. The summed E-state index contributed by atoms with van der Waals surface area (Å²) in [6.07, 6.45) is 0. The topological polar surface area (TPSA) is 48.9 Å². The number of H-pyrrole nitrogens is 1. The van der Waals surface area contributed by atoms with E-state index < -0.39 is 0 Å². The van der Waals surface area contributed by atoms with Crippen molar-refractivity contribution in [1.82, 2.24) is 9.97 Å². The lowest BCUT2D eigenvalue weighted by molar-refractivity contribution is 0.471. The predicted octanol–water partition coefficient (Wildman–Crippen LogP) is 3.69. The summed E-state index contributed by atoms with van der Waals surface area (Å²) >= 11 is 0. The molecule has 19 heavy (non-hydrogen) atoms. The Bertz CT molecular complexity index is 777. The van der Waals surface area contributed by atoms with Crippen molar-refractivity contribution in [2.75, 3.05) is 0 Å². The first-order valence-corrected chi connectivity index (χ1v) is 6.01. The van der Waals surface area contributed by atoms with Crippen molar-refractivity contribution in [3.63, 3.8) is 0 Å². The fraction of sp³-hybridized carbons (Fsp3) is 0.133. The third-order valence-corrected chi connectivity index (χ3v) is 3.31. The molecule has 0 saturated heterocycles. The molecule has 2 aromatic carbocycles. The summed E-state index contributed by atoms with van der Waals surface area (Å²) in [4.78, 5) is 7.60. The SMILES string of the molecule is Cc1cc(-c2nc3c(C)c(F)ccc3[nH]2)ccc1O. The van der Waals surface area contributed by atoms with Gasteiger partial charge in [-0.3, -0.25) is 0 Å². The molecular weight excluding hydrogens is 243 g/mol. The molecule has 3 aromatic rings. The van der Waals surface area contributed by atoms with Crippen molar-refractivity contribution in [3.8, 4) is 17.1 Å². The van der Waals surface area contributed by atoms with E-state index >= 15 is 0 Å². The lowest BCUT2D eigenvalue weighted by atomic mass is 10.1. The highest BCUT2D eigenvalue weighted by molar-refractivity contribution is 5.82. The number of benzene rings is 2. The Morgan fingerprint density at radius 2 is 1.95 bits per heavy atom. The van der Waals surface area contributed by atoms with Crippen LogP contribution in [0.3, 0.4) is 0 Å². The van der Waals surface area contributed by atoms with Gasteiger partial charge in [0.25, 0.3) is 0 Å². The summed E-state index contributed by atoms with van der Waals surface area (Å²) in [5.41, 5.74) is 3.63. The molecular formula is C15H13FN2O. The highest BCUT2D eigenvalue weighted by atomic mass is 19.1. The summed E-state index contributed by atoms with van der Waals surface area (Å²) in [6, 6.07) is 8.37.